The maximum absolute atomic E-state index is 11.4. The number of aliphatic hydroxyl groups excluding tert-OH is 3. The van der Waals surface area contributed by atoms with E-state index in [0.717, 1.165) is 6.08 Å². The van der Waals surface area contributed by atoms with Crippen LogP contribution in [0, 0.1) is 0 Å². The molecular weight excluding hydrogens is 349 g/mol. The van der Waals surface area contributed by atoms with Crippen LogP contribution in [0.5, 0.6) is 0 Å². The number of amides is 1. The minimum Gasteiger partial charge on any atom is -0.544 e. The van der Waals surface area contributed by atoms with Crippen LogP contribution in [-0.2, 0) is 19.1 Å². The molecule has 0 radical (unpaired) electrons. The maximum atomic E-state index is 11.4. The molecule has 24 heavy (non-hydrogen) atoms. The summed E-state index contributed by atoms with van der Waals surface area (Å²) in [6, 6.07) is -0.915. The first-order chi connectivity index (χ1) is 10.8. The predicted molar refractivity (Wildman–Crippen MR) is 74.7 cm³/mol. The Kier molecular flexibility index (Phi) is 11.0. The number of hydrogen-bond donors (Lipinski definition) is 4. The van der Waals surface area contributed by atoms with Crippen LogP contribution in [0.4, 0.5) is 0 Å². The Balaban J connectivity index is 0.00000529. The molecule has 1 aliphatic rings. The van der Waals surface area contributed by atoms with Gasteiger partial charge in [0.05, 0.1) is 19.3 Å². The number of carboxylic acids is 1. The summed E-state index contributed by atoms with van der Waals surface area (Å²) in [7, 11) is 0. The van der Waals surface area contributed by atoms with Crippen molar-refractivity contribution in [1.29, 1.82) is 0 Å². The molecule has 1 aliphatic heterocycles. The van der Waals surface area contributed by atoms with Gasteiger partial charge in [-0.3, -0.25) is 4.79 Å². The first kappa shape index (κ1) is 24.1. The quantitative estimate of drug-likeness (QED) is 0.243. The van der Waals surface area contributed by atoms with Crippen molar-refractivity contribution in [2.75, 3.05) is 13.2 Å². The van der Waals surface area contributed by atoms with Crippen LogP contribution >= 0.6 is 0 Å². The third kappa shape index (κ3) is 6.13. The van der Waals surface area contributed by atoms with Gasteiger partial charge < -0.3 is 40.0 Å². The van der Waals surface area contributed by atoms with Crippen LogP contribution in [0.15, 0.2) is 12.2 Å². The van der Waals surface area contributed by atoms with Crippen LogP contribution in [0.2, 0.25) is 0 Å². The molecule has 0 aromatic carbocycles. The van der Waals surface area contributed by atoms with Gasteiger partial charge in [-0.2, -0.15) is 0 Å². The monoisotopic (exact) mass is 371 g/mol. The number of hydrogen-bond acceptors (Lipinski definition) is 8. The van der Waals surface area contributed by atoms with Gasteiger partial charge in [0.2, 0.25) is 11.7 Å². The molecule has 4 N–H and O–H groups in total. The fourth-order valence-electron chi connectivity index (χ4n) is 2.14. The first-order valence-electron chi connectivity index (χ1n) is 7.24. The molecule has 0 aliphatic carbocycles. The van der Waals surface area contributed by atoms with Gasteiger partial charge in [-0.1, -0.05) is 13.0 Å². The first-order valence-corrected chi connectivity index (χ1v) is 7.24. The number of nitrogens with one attached hydrogen (secondary N) is 1. The second-order valence-electron chi connectivity index (χ2n) is 5.21. The van der Waals surface area contributed by atoms with Crippen molar-refractivity contribution in [3.63, 3.8) is 0 Å². The number of ether oxygens (including phenoxy) is 2. The minimum atomic E-state index is -2.24. The van der Waals surface area contributed by atoms with E-state index in [0.29, 0.717) is 6.42 Å². The zero-order valence-corrected chi connectivity index (χ0v) is 17.1. The smallest absolute Gasteiger partial charge is 0.544 e. The summed E-state index contributed by atoms with van der Waals surface area (Å²) >= 11 is 0. The fourth-order valence-corrected chi connectivity index (χ4v) is 2.14. The Hall–Kier alpha value is 0.116. The molecule has 0 saturated heterocycles. The summed E-state index contributed by atoms with van der Waals surface area (Å²) in [6.45, 7) is 2.27. The van der Waals surface area contributed by atoms with E-state index in [1.54, 1.807) is 6.92 Å². The van der Waals surface area contributed by atoms with Gasteiger partial charge >= 0.3 is 51.4 Å². The molecule has 0 spiro atoms. The summed E-state index contributed by atoms with van der Waals surface area (Å²) in [6.07, 6.45) is -1.74. The Morgan fingerprint density at radius 2 is 2.08 bits per heavy atom. The van der Waals surface area contributed by atoms with Crippen molar-refractivity contribution < 1.29 is 90.9 Å². The zero-order chi connectivity index (χ0) is 17.6. The van der Waals surface area contributed by atoms with Crippen LogP contribution in [0.3, 0.4) is 0 Å². The van der Waals surface area contributed by atoms with Crippen LogP contribution < -0.4 is 61.8 Å². The standard InChI is InChI=1S/C14H23NO8.K/c1-3-6-22-14(13(20)21)5-4-9(15-8(2)17)12(23-14)11(19)10(18)7-16;/h4-5,9-12,16,18-19H,3,6-7H2,1-2H3,(H,15,17)(H,20,21);/q;+1/p-1/t9-,10-,11-,12-,14+;/m1./s1. The molecule has 9 nitrogen and oxygen atoms in total. The largest absolute Gasteiger partial charge is 1.00 e. The average molecular weight is 371 g/mol. The van der Waals surface area contributed by atoms with Crippen LogP contribution in [0.25, 0.3) is 0 Å². The molecule has 1 amide bonds. The molecule has 0 aromatic rings. The van der Waals surface area contributed by atoms with Crippen molar-refractivity contribution in [3.05, 3.63) is 12.2 Å². The zero-order valence-electron chi connectivity index (χ0n) is 14.0. The third-order valence-corrected chi connectivity index (χ3v) is 3.28. The molecule has 0 bridgehead atoms. The van der Waals surface area contributed by atoms with E-state index in [1.165, 1.54) is 13.0 Å². The summed E-state index contributed by atoms with van der Waals surface area (Å²) in [5.74, 6) is -4.38. The molecule has 0 fully saturated rings. The average Bonchev–Trinajstić information content (AvgIpc) is 2.51. The summed E-state index contributed by atoms with van der Waals surface area (Å²) in [5.41, 5.74) is 0. The number of aliphatic hydroxyl groups is 3. The van der Waals surface area contributed by atoms with E-state index < -0.39 is 48.6 Å². The Morgan fingerprint density at radius 3 is 2.54 bits per heavy atom. The van der Waals surface area contributed by atoms with E-state index in [9.17, 15) is 24.9 Å². The van der Waals surface area contributed by atoms with E-state index >= 15 is 0 Å². The number of carbonyl (C=O) groups is 2. The minimum absolute atomic E-state index is 0. The summed E-state index contributed by atoms with van der Waals surface area (Å²) < 4.78 is 10.5. The number of carboxylic acid groups (broad SMARTS) is 1. The van der Waals surface area contributed by atoms with Crippen LogP contribution in [-0.4, -0.2) is 70.6 Å². The van der Waals surface area contributed by atoms with Gasteiger partial charge in [0, 0.05) is 6.92 Å². The fraction of sp³-hybridized carbons (Fsp3) is 0.714. The molecule has 1 heterocycles. The molecule has 0 aromatic heterocycles. The van der Waals surface area contributed by atoms with E-state index in [1.807, 2.05) is 0 Å². The topological polar surface area (TPSA) is 148 Å². The Labute approximate surface area is 182 Å². The van der Waals surface area contributed by atoms with E-state index in [-0.39, 0.29) is 58.0 Å². The van der Waals surface area contributed by atoms with Crippen molar-refractivity contribution in [2.45, 2.75) is 50.4 Å². The number of aliphatic carboxylic acids is 1. The van der Waals surface area contributed by atoms with Crippen molar-refractivity contribution >= 4 is 11.9 Å². The molecule has 0 saturated carbocycles. The Bertz CT molecular complexity index is 460. The molecule has 10 heteroatoms. The Morgan fingerprint density at radius 1 is 1.46 bits per heavy atom. The van der Waals surface area contributed by atoms with Gasteiger partial charge in [-0.05, 0) is 12.5 Å². The van der Waals surface area contributed by atoms with Gasteiger partial charge in [0.1, 0.15) is 24.3 Å². The molecule has 0 unspecified atom stereocenters. The second kappa shape index (κ2) is 11.0. The van der Waals surface area contributed by atoms with E-state index in [2.05, 4.69) is 5.32 Å². The summed E-state index contributed by atoms with van der Waals surface area (Å²) in [5, 5.41) is 42.5. The summed E-state index contributed by atoms with van der Waals surface area (Å²) in [4.78, 5) is 22.7. The molecule has 5 atom stereocenters. The molecule has 132 valence electrons. The van der Waals surface area contributed by atoms with Gasteiger partial charge in [0.15, 0.2) is 0 Å². The SMILES string of the molecule is CCCO[C@@]1(C(=O)[O-])C=C[C@@H](NC(C)=O)[C@H]([C@H](O)[C@H](O)CO)O1.[K+]. The third-order valence-electron chi connectivity index (χ3n) is 3.28. The predicted octanol–water partition coefficient (Wildman–Crippen LogP) is -5.96. The van der Waals surface area contributed by atoms with Gasteiger partial charge in [-0.25, -0.2) is 0 Å². The number of rotatable bonds is 8. The van der Waals surface area contributed by atoms with Crippen LogP contribution in [0.1, 0.15) is 20.3 Å². The van der Waals surface area contributed by atoms with Crippen molar-refractivity contribution in [3.8, 4) is 0 Å². The maximum Gasteiger partial charge on any atom is 1.00 e. The number of carbonyl (C=O) groups excluding carboxylic acids is 2. The molecule has 1 rings (SSSR count). The molecular formula is C14H22KNO8. The van der Waals surface area contributed by atoms with Gasteiger partial charge in [0.25, 0.3) is 0 Å². The normalized spacial score (nSPS) is 28.5. The van der Waals surface area contributed by atoms with Crippen molar-refractivity contribution in [2.24, 2.45) is 0 Å². The second-order valence-corrected chi connectivity index (χ2v) is 5.21. The van der Waals surface area contributed by atoms with Gasteiger partial charge in [-0.15, -0.1) is 0 Å². The van der Waals surface area contributed by atoms with Crippen molar-refractivity contribution in [1.82, 2.24) is 5.32 Å². The van der Waals surface area contributed by atoms with E-state index in [4.69, 9.17) is 14.6 Å².